The minimum absolute atomic E-state index is 0.114. The van der Waals surface area contributed by atoms with Crippen molar-refractivity contribution in [3.8, 4) is 11.5 Å². The number of nitrogens with zero attached hydrogens (tertiary/aromatic N) is 2. The smallest absolute Gasteiger partial charge is 0.336 e. The summed E-state index contributed by atoms with van der Waals surface area (Å²) in [5.74, 6) is -0.636. The van der Waals surface area contributed by atoms with Gasteiger partial charge in [-0.05, 0) is 42.7 Å². The Bertz CT molecular complexity index is 1030. The highest BCUT2D eigenvalue weighted by Gasteiger charge is 2.38. The number of nitrogens with one attached hydrogen (secondary N) is 1. The molecule has 2 fully saturated rings. The Morgan fingerprint density at radius 2 is 1.83 bits per heavy atom. The van der Waals surface area contributed by atoms with E-state index in [2.05, 4.69) is 9.88 Å². The third kappa shape index (κ3) is 3.56. The monoisotopic (exact) mass is 409 g/mol. The van der Waals surface area contributed by atoms with E-state index >= 15 is 0 Å². The van der Waals surface area contributed by atoms with Crippen molar-refractivity contribution in [3.05, 3.63) is 47.8 Å². The molecule has 30 heavy (non-hydrogen) atoms. The Hall–Kier alpha value is -3.55. The van der Waals surface area contributed by atoms with Gasteiger partial charge in [-0.25, -0.2) is 9.69 Å². The molecule has 0 spiro atoms. The SMILES string of the molecule is COc1ccc(N2C(=O)NC(=O)/C(=C/c3ccn(C4CCCC4)c3)C2=O)c(OC)c1. The first-order valence-electron chi connectivity index (χ1n) is 9.83. The first kappa shape index (κ1) is 19.8. The number of hydrogen-bond acceptors (Lipinski definition) is 5. The molecule has 2 aliphatic rings. The number of rotatable bonds is 5. The van der Waals surface area contributed by atoms with Gasteiger partial charge in [-0.2, -0.15) is 0 Å². The van der Waals surface area contributed by atoms with E-state index in [9.17, 15) is 14.4 Å². The summed E-state index contributed by atoms with van der Waals surface area (Å²) in [6.45, 7) is 0. The number of urea groups is 1. The number of imide groups is 2. The number of carbonyl (C=O) groups is 3. The molecule has 4 rings (SSSR count). The summed E-state index contributed by atoms with van der Waals surface area (Å²) in [4.78, 5) is 38.9. The minimum Gasteiger partial charge on any atom is -0.497 e. The Balaban J connectivity index is 1.67. The van der Waals surface area contributed by atoms with Gasteiger partial charge in [0.05, 0.1) is 19.9 Å². The van der Waals surface area contributed by atoms with Crippen molar-refractivity contribution in [2.45, 2.75) is 31.7 Å². The van der Waals surface area contributed by atoms with Crippen LogP contribution in [0.15, 0.2) is 42.2 Å². The number of hydrogen-bond donors (Lipinski definition) is 1. The maximum Gasteiger partial charge on any atom is 0.336 e. The number of carbonyl (C=O) groups excluding carboxylic acids is 3. The Morgan fingerprint density at radius 3 is 2.53 bits per heavy atom. The molecule has 1 saturated carbocycles. The van der Waals surface area contributed by atoms with Gasteiger partial charge in [0.25, 0.3) is 11.8 Å². The van der Waals surface area contributed by atoms with Gasteiger partial charge in [0, 0.05) is 24.5 Å². The van der Waals surface area contributed by atoms with Crippen molar-refractivity contribution in [1.82, 2.24) is 9.88 Å². The fourth-order valence-electron chi connectivity index (χ4n) is 3.96. The molecule has 0 bridgehead atoms. The van der Waals surface area contributed by atoms with E-state index in [0.29, 0.717) is 11.8 Å². The second kappa shape index (κ2) is 8.06. The van der Waals surface area contributed by atoms with Crippen LogP contribution < -0.4 is 19.7 Å². The van der Waals surface area contributed by atoms with Crippen LogP contribution in [0.4, 0.5) is 10.5 Å². The molecule has 1 aromatic heterocycles. The number of benzene rings is 1. The highest BCUT2D eigenvalue weighted by Crippen LogP contribution is 2.34. The van der Waals surface area contributed by atoms with E-state index in [4.69, 9.17) is 9.47 Å². The van der Waals surface area contributed by atoms with Gasteiger partial charge >= 0.3 is 6.03 Å². The highest BCUT2D eigenvalue weighted by molar-refractivity contribution is 6.39. The molecule has 2 aromatic rings. The predicted octanol–water partition coefficient (Wildman–Crippen LogP) is 3.29. The van der Waals surface area contributed by atoms with Crippen LogP contribution in [0.25, 0.3) is 6.08 Å². The molecule has 1 aliphatic carbocycles. The Morgan fingerprint density at radius 1 is 1.07 bits per heavy atom. The molecule has 4 amide bonds. The molecule has 0 atom stereocenters. The second-order valence-electron chi connectivity index (χ2n) is 7.33. The molecule has 0 radical (unpaired) electrons. The summed E-state index contributed by atoms with van der Waals surface area (Å²) in [6.07, 6.45) is 10.1. The lowest BCUT2D eigenvalue weighted by molar-refractivity contribution is -0.122. The van der Waals surface area contributed by atoms with Crippen LogP contribution in [0.1, 0.15) is 37.3 Å². The maximum absolute atomic E-state index is 13.1. The van der Waals surface area contributed by atoms with Crippen LogP contribution in [0, 0.1) is 0 Å². The van der Waals surface area contributed by atoms with Crippen molar-refractivity contribution < 1.29 is 23.9 Å². The quantitative estimate of drug-likeness (QED) is 0.605. The van der Waals surface area contributed by atoms with Crippen molar-refractivity contribution >= 4 is 29.6 Å². The van der Waals surface area contributed by atoms with Crippen molar-refractivity contribution in [2.75, 3.05) is 19.1 Å². The number of amides is 4. The number of methoxy groups -OCH3 is 2. The van der Waals surface area contributed by atoms with Crippen LogP contribution >= 0.6 is 0 Å². The summed E-state index contributed by atoms with van der Waals surface area (Å²) in [5, 5.41) is 2.24. The van der Waals surface area contributed by atoms with Crippen LogP contribution in [-0.4, -0.2) is 36.6 Å². The van der Waals surface area contributed by atoms with E-state index in [-0.39, 0.29) is 17.0 Å². The number of aromatic nitrogens is 1. The summed E-state index contributed by atoms with van der Waals surface area (Å²) >= 11 is 0. The standard InChI is InChI=1S/C22H23N3O5/c1-29-16-7-8-18(19(12-16)30-2)25-21(27)17(20(26)23-22(25)28)11-14-9-10-24(13-14)15-5-3-4-6-15/h7-13,15H,3-6H2,1-2H3,(H,23,26,28)/b17-11-. The molecular weight excluding hydrogens is 386 g/mol. The first-order valence-corrected chi connectivity index (χ1v) is 9.83. The van der Waals surface area contributed by atoms with E-state index in [1.165, 1.54) is 33.1 Å². The summed E-state index contributed by atoms with van der Waals surface area (Å²) < 4.78 is 12.6. The molecule has 1 aromatic carbocycles. The molecule has 1 aliphatic heterocycles. The lowest BCUT2D eigenvalue weighted by Crippen LogP contribution is -2.54. The van der Waals surface area contributed by atoms with E-state index < -0.39 is 17.8 Å². The zero-order valence-electron chi connectivity index (χ0n) is 16.9. The van der Waals surface area contributed by atoms with Crippen LogP contribution in [0.2, 0.25) is 0 Å². The van der Waals surface area contributed by atoms with Crippen LogP contribution in [-0.2, 0) is 9.59 Å². The van der Waals surface area contributed by atoms with Gasteiger partial charge in [0.15, 0.2) is 0 Å². The van der Waals surface area contributed by atoms with Crippen molar-refractivity contribution in [1.29, 1.82) is 0 Å². The van der Waals surface area contributed by atoms with Gasteiger partial charge in [0.2, 0.25) is 0 Å². The fraction of sp³-hybridized carbons (Fsp3) is 0.318. The largest absolute Gasteiger partial charge is 0.497 e. The number of ether oxygens (including phenoxy) is 2. The molecule has 1 N–H and O–H groups in total. The predicted molar refractivity (Wildman–Crippen MR) is 110 cm³/mol. The molecule has 0 unspecified atom stereocenters. The molecular formula is C22H23N3O5. The average molecular weight is 409 g/mol. The number of barbiturate groups is 1. The van der Waals surface area contributed by atoms with Crippen molar-refractivity contribution in [2.24, 2.45) is 0 Å². The minimum atomic E-state index is -0.825. The van der Waals surface area contributed by atoms with Gasteiger partial charge in [0.1, 0.15) is 17.1 Å². The van der Waals surface area contributed by atoms with E-state index in [0.717, 1.165) is 23.3 Å². The van der Waals surface area contributed by atoms with Crippen LogP contribution in [0.5, 0.6) is 11.5 Å². The molecule has 156 valence electrons. The number of anilines is 1. The Kier molecular flexibility index (Phi) is 5.31. The summed E-state index contributed by atoms with van der Waals surface area (Å²) in [5.41, 5.74) is 0.843. The second-order valence-corrected chi connectivity index (χ2v) is 7.33. The highest BCUT2D eigenvalue weighted by atomic mass is 16.5. The molecule has 8 nitrogen and oxygen atoms in total. The van der Waals surface area contributed by atoms with Crippen molar-refractivity contribution in [3.63, 3.8) is 0 Å². The van der Waals surface area contributed by atoms with Gasteiger partial charge in [-0.1, -0.05) is 12.8 Å². The zero-order valence-corrected chi connectivity index (χ0v) is 16.9. The normalized spacial score (nSPS) is 18.8. The lowest BCUT2D eigenvalue weighted by atomic mass is 10.1. The molecule has 1 saturated heterocycles. The average Bonchev–Trinajstić information content (AvgIpc) is 3.43. The lowest BCUT2D eigenvalue weighted by Gasteiger charge is -2.27. The topological polar surface area (TPSA) is 89.9 Å². The third-order valence-corrected chi connectivity index (χ3v) is 5.52. The molecule has 2 heterocycles. The van der Waals surface area contributed by atoms with Gasteiger partial charge < -0.3 is 14.0 Å². The van der Waals surface area contributed by atoms with Crippen LogP contribution in [0.3, 0.4) is 0 Å². The fourth-order valence-corrected chi connectivity index (χ4v) is 3.96. The van der Waals surface area contributed by atoms with E-state index in [1.807, 2.05) is 18.5 Å². The third-order valence-electron chi connectivity index (χ3n) is 5.52. The molecule has 8 heteroatoms. The zero-order chi connectivity index (χ0) is 21.3. The summed E-state index contributed by atoms with van der Waals surface area (Å²) in [7, 11) is 2.93. The van der Waals surface area contributed by atoms with Gasteiger partial charge in [-0.3, -0.25) is 14.9 Å². The summed E-state index contributed by atoms with van der Waals surface area (Å²) in [6, 6.07) is 6.21. The van der Waals surface area contributed by atoms with Gasteiger partial charge in [-0.15, -0.1) is 0 Å². The maximum atomic E-state index is 13.1. The Labute approximate surface area is 174 Å². The first-order chi connectivity index (χ1) is 14.5. The van der Waals surface area contributed by atoms with E-state index in [1.54, 1.807) is 18.2 Å².